The van der Waals surface area contributed by atoms with Crippen LogP contribution >= 0.6 is 34.5 Å². The number of aromatic nitrogens is 2. The van der Waals surface area contributed by atoms with Crippen LogP contribution in [0.25, 0.3) is 21.3 Å². The number of ether oxygens (including phenoxy) is 1. The molecule has 0 spiro atoms. The van der Waals surface area contributed by atoms with Crippen molar-refractivity contribution in [1.82, 2.24) is 9.55 Å². The van der Waals surface area contributed by atoms with E-state index in [1.54, 1.807) is 25.1 Å². The highest BCUT2D eigenvalue weighted by Gasteiger charge is 2.22. The van der Waals surface area contributed by atoms with Crippen LogP contribution in [0.3, 0.4) is 0 Å². The Labute approximate surface area is 204 Å². The third-order valence-electron chi connectivity index (χ3n) is 5.19. The van der Waals surface area contributed by atoms with E-state index in [1.165, 1.54) is 22.2 Å². The summed E-state index contributed by atoms with van der Waals surface area (Å²) in [6.07, 6.45) is 1.41. The van der Waals surface area contributed by atoms with Gasteiger partial charge >= 0.3 is 0 Å². The Morgan fingerprint density at radius 2 is 1.85 bits per heavy atom. The molecule has 2 aromatic heterocycles. The second-order valence-corrected chi connectivity index (χ2v) is 9.53. The van der Waals surface area contributed by atoms with Crippen molar-refractivity contribution >= 4 is 56.3 Å². The summed E-state index contributed by atoms with van der Waals surface area (Å²) < 4.78 is 6.86. The number of rotatable bonds is 6. The molecule has 1 unspecified atom stereocenters. The van der Waals surface area contributed by atoms with Crippen molar-refractivity contribution in [2.24, 2.45) is 0 Å². The van der Waals surface area contributed by atoms with Crippen molar-refractivity contribution in [1.29, 1.82) is 0 Å². The number of hydrogen-bond donors (Lipinski definition) is 1. The average Bonchev–Trinajstić information content (AvgIpc) is 3.10. The summed E-state index contributed by atoms with van der Waals surface area (Å²) in [5, 5.41) is 4.06. The predicted molar refractivity (Wildman–Crippen MR) is 135 cm³/mol. The molecule has 1 atom stereocenters. The lowest BCUT2D eigenvalue weighted by atomic mass is 10.0. The standard InChI is InChI=1S/C24H21Cl2N3O3S/c1-4-32-19-7-5-15(6-8-19)20-14(3)33-23-21(20)24(31)29(12-27-23)13(2)22(30)28-18-10-16(25)9-17(26)11-18/h5-13H,4H2,1-3H3,(H,28,30). The maximum absolute atomic E-state index is 13.5. The minimum Gasteiger partial charge on any atom is -0.494 e. The molecular formula is C24H21Cl2N3O3S. The van der Waals surface area contributed by atoms with Crippen LogP contribution in [0.1, 0.15) is 24.8 Å². The second-order valence-electron chi connectivity index (χ2n) is 7.45. The summed E-state index contributed by atoms with van der Waals surface area (Å²) >= 11 is 13.5. The molecule has 0 fully saturated rings. The first-order valence-corrected chi connectivity index (χ1v) is 11.9. The van der Waals surface area contributed by atoms with Crippen molar-refractivity contribution in [3.63, 3.8) is 0 Å². The molecule has 0 radical (unpaired) electrons. The van der Waals surface area contributed by atoms with E-state index in [9.17, 15) is 9.59 Å². The van der Waals surface area contributed by atoms with Crippen LogP contribution in [-0.4, -0.2) is 22.1 Å². The molecule has 2 aromatic carbocycles. The fourth-order valence-corrected chi connectivity index (χ4v) is 5.15. The van der Waals surface area contributed by atoms with Crippen LogP contribution in [0.15, 0.2) is 53.6 Å². The number of aryl methyl sites for hydroxylation is 1. The van der Waals surface area contributed by atoms with Crippen molar-refractivity contribution in [2.75, 3.05) is 11.9 Å². The Bertz CT molecular complexity index is 1380. The fraction of sp³-hybridized carbons (Fsp3) is 0.208. The number of carbonyl (C=O) groups is 1. The summed E-state index contributed by atoms with van der Waals surface area (Å²) in [6, 6.07) is 11.6. The Kier molecular flexibility index (Phi) is 6.74. The number of carbonyl (C=O) groups excluding carboxylic acids is 1. The van der Waals surface area contributed by atoms with Gasteiger partial charge in [0.2, 0.25) is 5.91 Å². The Morgan fingerprint density at radius 3 is 2.48 bits per heavy atom. The quantitative estimate of drug-likeness (QED) is 0.334. The van der Waals surface area contributed by atoms with Gasteiger partial charge in [-0.3, -0.25) is 14.2 Å². The topological polar surface area (TPSA) is 73.2 Å². The van der Waals surface area contributed by atoms with E-state index in [4.69, 9.17) is 27.9 Å². The number of hydrogen-bond acceptors (Lipinski definition) is 5. The SMILES string of the molecule is CCOc1ccc(-c2c(C)sc3ncn(C(C)C(=O)Nc4cc(Cl)cc(Cl)c4)c(=O)c23)cc1. The number of amides is 1. The monoisotopic (exact) mass is 501 g/mol. The van der Waals surface area contributed by atoms with E-state index >= 15 is 0 Å². The summed E-state index contributed by atoms with van der Waals surface area (Å²) in [5.41, 5.74) is 1.89. The highest BCUT2D eigenvalue weighted by molar-refractivity contribution is 7.19. The minimum atomic E-state index is -0.805. The Balaban J connectivity index is 1.72. The van der Waals surface area contributed by atoms with E-state index < -0.39 is 6.04 Å². The lowest BCUT2D eigenvalue weighted by molar-refractivity contribution is -0.118. The average molecular weight is 502 g/mol. The van der Waals surface area contributed by atoms with E-state index in [1.807, 2.05) is 38.1 Å². The number of benzene rings is 2. The lowest BCUT2D eigenvalue weighted by Gasteiger charge is -2.15. The maximum atomic E-state index is 13.5. The number of nitrogens with one attached hydrogen (secondary N) is 1. The Hall–Kier alpha value is -2.87. The molecule has 0 saturated heterocycles. The molecule has 4 aromatic rings. The van der Waals surface area contributed by atoms with Gasteiger partial charge in [-0.05, 0) is 56.7 Å². The van der Waals surface area contributed by atoms with Gasteiger partial charge in [-0.1, -0.05) is 35.3 Å². The highest BCUT2D eigenvalue weighted by atomic mass is 35.5. The largest absolute Gasteiger partial charge is 0.494 e. The molecule has 2 heterocycles. The zero-order chi connectivity index (χ0) is 23.7. The number of thiophene rings is 1. The molecule has 0 bridgehead atoms. The molecule has 9 heteroatoms. The molecule has 170 valence electrons. The van der Waals surface area contributed by atoms with Crippen molar-refractivity contribution < 1.29 is 9.53 Å². The van der Waals surface area contributed by atoms with Gasteiger partial charge in [-0.15, -0.1) is 11.3 Å². The zero-order valence-electron chi connectivity index (χ0n) is 18.2. The van der Waals surface area contributed by atoms with E-state index in [-0.39, 0.29) is 11.5 Å². The first-order chi connectivity index (χ1) is 15.8. The summed E-state index contributed by atoms with van der Waals surface area (Å²) in [6.45, 7) is 6.11. The molecule has 4 rings (SSSR count). The Morgan fingerprint density at radius 1 is 1.18 bits per heavy atom. The van der Waals surface area contributed by atoms with Crippen LogP contribution < -0.4 is 15.6 Å². The van der Waals surface area contributed by atoms with Crippen LogP contribution in [0, 0.1) is 6.92 Å². The van der Waals surface area contributed by atoms with E-state index in [0.717, 1.165) is 21.8 Å². The lowest BCUT2D eigenvalue weighted by Crippen LogP contribution is -2.31. The molecule has 1 amide bonds. The fourth-order valence-electron chi connectivity index (χ4n) is 3.62. The van der Waals surface area contributed by atoms with Gasteiger partial charge in [0.1, 0.15) is 16.6 Å². The molecule has 1 N–H and O–H groups in total. The maximum Gasteiger partial charge on any atom is 0.263 e. The molecule has 33 heavy (non-hydrogen) atoms. The van der Waals surface area contributed by atoms with Crippen LogP contribution in [-0.2, 0) is 4.79 Å². The highest BCUT2D eigenvalue weighted by Crippen LogP contribution is 2.36. The third-order valence-corrected chi connectivity index (χ3v) is 6.64. The molecule has 0 saturated carbocycles. The second kappa shape index (κ2) is 9.55. The number of fused-ring (bicyclic) bond motifs is 1. The third kappa shape index (κ3) is 4.76. The first kappa shape index (κ1) is 23.3. The first-order valence-electron chi connectivity index (χ1n) is 10.3. The van der Waals surface area contributed by atoms with Gasteiger partial charge in [-0.25, -0.2) is 4.98 Å². The van der Waals surface area contributed by atoms with Gasteiger partial charge in [0, 0.05) is 26.2 Å². The van der Waals surface area contributed by atoms with Gasteiger partial charge < -0.3 is 10.1 Å². The number of nitrogens with zero attached hydrogens (tertiary/aromatic N) is 2. The van der Waals surface area contributed by atoms with Crippen molar-refractivity contribution in [3.05, 3.63) is 74.1 Å². The summed E-state index contributed by atoms with van der Waals surface area (Å²) in [5.74, 6) is 0.381. The molecule has 0 aliphatic rings. The van der Waals surface area contributed by atoms with Crippen molar-refractivity contribution in [2.45, 2.75) is 26.8 Å². The van der Waals surface area contributed by atoms with Gasteiger partial charge in [0.15, 0.2) is 0 Å². The zero-order valence-corrected chi connectivity index (χ0v) is 20.5. The van der Waals surface area contributed by atoms with Crippen LogP contribution in [0.5, 0.6) is 5.75 Å². The van der Waals surface area contributed by atoms with Gasteiger partial charge in [0.25, 0.3) is 5.56 Å². The predicted octanol–water partition coefficient (Wildman–Crippen LogP) is 6.34. The van der Waals surface area contributed by atoms with E-state index in [0.29, 0.717) is 32.6 Å². The van der Waals surface area contributed by atoms with Gasteiger partial charge in [-0.2, -0.15) is 0 Å². The van der Waals surface area contributed by atoms with Crippen molar-refractivity contribution in [3.8, 4) is 16.9 Å². The smallest absolute Gasteiger partial charge is 0.263 e. The molecule has 0 aliphatic heterocycles. The normalized spacial score (nSPS) is 12.0. The van der Waals surface area contributed by atoms with E-state index in [2.05, 4.69) is 10.3 Å². The summed E-state index contributed by atoms with van der Waals surface area (Å²) in [4.78, 5) is 32.5. The molecular weight excluding hydrogens is 481 g/mol. The number of halogens is 2. The van der Waals surface area contributed by atoms with Crippen LogP contribution in [0.4, 0.5) is 5.69 Å². The van der Waals surface area contributed by atoms with Crippen LogP contribution in [0.2, 0.25) is 10.0 Å². The molecule has 6 nitrogen and oxygen atoms in total. The summed E-state index contributed by atoms with van der Waals surface area (Å²) in [7, 11) is 0. The number of anilines is 1. The molecule has 0 aliphatic carbocycles. The van der Waals surface area contributed by atoms with Gasteiger partial charge in [0.05, 0.1) is 18.3 Å². The minimum absolute atomic E-state index is 0.278.